The first-order valence-corrected chi connectivity index (χ1v) is 12.2. The average Bonchev–Trinajstić information content (AvgIpc) is 3.33. The normalized spacial score (nSPS) is 14.7. The van der Waals surface area contributed by atoms with Crippen molar-refractivity contribution in [2.24, 2.45) is 0 Å². The predicted octanol–water partition coefficient (Wildman–Crippen LogP) is 5.50. The molecule has 7 nitrogen and oxygen atoms in total. The van der Waals surface area contributed by atoms with Crippen molar-refractivity contribution < 1.29 is 19.4 Å². The second kappa shape index (κ2) is 10.5. The van der Waals surface area contributed by atoms with Gasteiger partial charge in [0.1, 0.15) is 18.0 Å². The van der Waals surface area contributed by atoms with Crippen molar-refractivity contribution in [1.29, 1.82) is 0 Å². The maximum atomic E-state index is 12.3. The number of aryl methyl sites for hydroxylation is 1. The predicted molar refractivity (Wildman–Crippen MR) is 135 cm³/mol. The van der Waals surface area contributed by atoms with E-state index in [4.69, 9.17) is 9.47 Å². The molecule has 0 bridgehead atoms. The smallest absolute Gasteiger partial charge is 0.410 e. The lowest BCUT2D eigenvalue weighted by atomic mass is 10.0. The van der Waals surface area contributed by atoms with Crippen molar-refractivity contribution in [3.63, 3.8) is 0 Å². The molecule has 0 saturated carbocycles. The molecular formula is C28H35N3O4. The average molecular weight is 478 g/mol. The maximum Gasteiger partial charge on any atom is 0.410 e. The van der Waals surface area contributed by atoms with Gasteiger partial charge in [-0.3, -0.25) is 4.68 Å². The van der Waals surface area contributed by atoms with Gasteiger partial charge in [0.25, 0.3) is 0 Å². The molecule has 0 atom stereocenters. The molecule has 7 heteroatoms. The van der Waals surface area contributed by atoms with E-state index in [0.29, 0.717) is 19.7 Å². The van der Waals surface area contributed by atoms with Gasteiger partial charge in [0.15, 0.2) is 0 Å². The number of amides is 1. The Morgan fingerprint density at radius 3 is 2.49 bits per heavy atom. The van der Waals surface area contributed by atoms with Gasteiger partial charge in [-0.15, -0.1) is 0 Å². The lowest BCUT2D eigenvalue weighted by Crippen LogP contribution is -2.42. The minimum absolute atomic E-state index is 0.101. The molecule has 1 aliphatic rings. The van der Waals surface area contributed by atoms with Crippen LogP contribution in [0.15, 0.2) is 54.9 Å². The van der Waals surface area contributed by atoms with Crippen LogP contribution >= 0.6 is 0 Å². The molecule has 0 spiro atoms. The van der Waals surface area contributed by atoms with Crippen LogP contribution in [0, 0.1) is 6.92 Å². The second-order valence-electron chi connectivity index (χ2n) is 10.1. The van der Waals surface area contributed by atoms with Crippen molar-refractivity contribution in [2.75, 3.05) is 13.1 Å². The number of hydrogen-bond donors (Lipinski definition) is 1. The minimum Gasteiger partial charge on any atom is -0.488 e. The molecule has 0 unspecified atom stereocenters. The zero-order valence-corrected chi connectivity index (χ0v) is 21.0. The first-order valence-electron chi connectivity index (χ1n) is 12.2. The minimum atomic E-state index is -0.488. The van der Waals surface area contributed by atoms with Crippen LogP contribution in [0.1, 0.15) is 56.3 Å². The molecule has 0 aliphatic carbocycles. The highest BCUT2D eigenvalue weighted by Crippen LogP contribution is 2.32. The van der Waals surface area contributed by atoms with Crippen molar-refractivity contribution >= 4 is 6.09 Å². The van der Waals surface area contributed by atoms with Crippen molar-refractivity contribution in [3.8, 4) is 16.9 Å². The highest BCUT2D eigenvalue weighted by molar-refractivity contribution is 5.68. The number of likely N-dealkylation sites (tertiary alicyclic amines) is 1. The molecular weight excluding hydrogens is 442 g/mol. The maximum absolute atomic E-state index is 12.3. The number of hydrogen-bond acceptors (Lipinski definition) is 5. The van der Waals surface area contributed by atoms with Gasteiger partial charge in [-0.05, 0) is 69.4 Å². The van der Waals surface area contributed by atoms with E-state index in [1.807, 2.05) is 81.2 Å². The van der Waals surface area contributed by atoms with Gasteiger partial charge in [0.05, 0.1) is 18.8 Å². The highest BCUT2D eigenvalue weighted by Gasteiger charge is 2.28. The number of aliphatic hydroxyl groups is 1. The van der Waals surface area contributed by atoms with E-state index in [9.17, 15) is 9.90 Å². The quantitative estimate of drug-likeness (QED) is 0.507. The Balaban J connectivity index is 1.43. The first-order chi connectivity index (χ1) is 16.7. The molecule has 1 N–H and O–H groups in total. The first kappa shape index (κ1) is 24.8. The van der Waals surface area contributed by atoms with Gasteiger partial charge in [-0.1, -0.05) is 30.3 Å². The molecule has 35 heavy (non-hydrogen) atoms. The third kappa shape index (κ3) is 6.22. The van der Waals surface area contributed by atoms with E-state index in [0.717, 1.165) is 46.4 Å². The van der Waals surface area contributed by atoms with Crippen LogP contribution in [0.5, 0.6) is 5.75 Å². The molecule has 4 rings (SSSR count). The fraction of sp³-hybridized carbons (Fsp3) is 0.429. The topological polar surface area (TPSA) is 76.8 Å². The molecule has 1 aliphatic heterocycles. The number of piperidine rings is 1. The lowest BCUT2D eigenvalue weighted by molar-refractivity contribution is 0.0185. The van der Waals surface area contributed by atoms with Crippen LogP contribution < -0.4 is 4.74 Å². The SMILES string of the molecule is Cc1cc(-c2cnn(C3CCN(C(=O)OC(C)(C)C)CC3)c2)cc(CO)c1OCc1ccccc1. The van der Waals surface area contributed by atoms with Crippen LogP contribution in [0.25, 0.3) is 11.1 Å². The fourth-order valence-electron chi connectivity index (χ4n) is 4.39. The Morgan fingerprint density at radius 2 is 1.83 bits per heavy atom. The van der Waals surface area contributed by atoms with E-state index in [2.05, 4.69) is 11.2 Å². The van der Waals surface area contributed by atoms with E-state index in [-0.39, 0.29) is 18.7 Å². The Labute approximate surface area is 207 Å². The molecule has 3 aromatic rings. The summed E-state index contributed by atoms with van der Waals surface area (Å²) >= 11 is 0. The van der Waals surface area contributed by atoms with Crippen LogP contribution in [0.4, 0.5) is 4.79 Å². The summed E-state index contributed by atoms with van der Waals surface area (Å²) in [5, 5.41) is 14.6. The van der Waals surface area contributed by atoms with Crippen molar-refractivity contribution in [3.05, 3.63) is 71.5 Å². The molecule has 1 fully saturated rings. The second-order valence-corrected chi connectivity index (χ2v) is 10.1. The van der Waals surface area contributed by atoms with Crippen LogP contribution in [-0.2, 0) is 18.0 Å². The number of aliphatic hydroxyl groups excluding tert-OH is 1. The molecule has 1 amide bonds. The fourth-order valence-corrected chi connectivity index (χ4v) is 4.39. The molecule has 186 valence electrons. The third-order valence-electron chi connectivity index (χ3n) is 6.17. The number of ether oxygens (including phenoxy) is 2. The number of nitrogens with zero attached hydrogens (tertiary/aromatic N) is 3. The summed E-state index contributed by atoms with van der Waals surface area (Å²) in [4.78, 5) is 14.1. The van der Waals surface area contributed by atoms with E-state index in [1.165, 1.54) is 0 Å². The third-order valence-corrected chi connectivity index (χ3v) is 6.17. The van der Waals surface area contributed by atoms with Gasteiger partial charge in [-0.2, -0.15) is 5.10 Å². The molecule has 2 aromatic carbocycles. The van der Waals surface area contributed by atoms with Gasteiger partial charge < -0.3 is 19.5 Å². The zero-order valence-electron chi connectivity index (χ0n) is 21.0. The number of carbonyl (C=O) groups is 1. The van der Waals surface area contributed by atoms with Gasteiger partial charge in [0, 0.05) is 30.4 Å². The summed E-state index contributed by atoms with van der Waals surface area (Å²) in [7, 11) is 0. The lowest BCUT2D eigenvalue weighted by Gasteiger charge is -2.33. The Bertz CT molecular complexity index is 1140. The summed E-state index contributed by atoms with van der Waals surface area (Å²) in [6, 6.07) is 14.3. The van der Waals surface area contributed by atoms with Crippen LogP contribution in [0.2, 0.25) is 0 Å². The Hall–Kier alpha value is -3.32. The number of rotatable bonds is 6. The Kier molecular flexibility index (Phi) is 7.45. The Morgan fingerprint density at radius 1 is 1.11 bits per heavy atom. The van der Waals surface area contributed by atoms with Crippen molar-refractivity contribution in [2.45, 2.75) is 65.4 Å². The molecule has 1 saturated heterocycles. The van der Waals surface area contributed by atoms with Gasteiger partial charge in [-0.25, -0.2) is 4.79 Å². The summed E-state index contributed by atoms with van der Waals surface area (Å²) in [5.41, 5.74) is 4.32. The van der Waals surface area contributed by atoms with E-state index in [1.54, 1.807) is 4.90 Å². The number of aromatic nitrogens is 2. The largest absolute Gasteiger partial charge is 0.488 e. The van der Waals surface area contributed by atoms with E-state index >= 15 is 0 Å². The van der Waals surface area contributed by atoms with Crippen LogP contribution in [0.3, 0.4) is 0 Å². The number of benzene rings is 2. The molecule has 1 aromatic heterocycles. The van der Waals surface area contributed by atoms with Crippen LogP contribution in [-0.4, -0.2) is 44.6 Å². The summed E-state index contributed by atoms with van der Waals surface area (Å²) in [5.74, 6) is 0.724. The zero-order chi connectivity index (χ0) is 25.0. The monoisotopic (exact) mass is 477 g/mol. The summed E-state index contributed by atoms with van der Waals surface area (Å²) in [6.07, 6.45) is 5.31. The van der Waals surface area contributed by atoms with E-state index < -0.39 is 5.60 Å². The van der Waals surface area contributed by atoms with Gasteiger partial charge in [0.2, 0.25) is 0 Å². The standard InChI is InChI=1S/C28H35N3O4/c1-20-14-22(15-23(18-32)26(20)34-19-21-8-6-5-7-9-21)24-16-29-31(17-24)25-10-12-30(13-11-25)27(33)35-28(2,3)4/h5-9,14-17,25,32H,10-13,18-19H2,1-4H3. The number of carbonyl (C=O) groups excluding carboxylic acids is 1. The molecule has 2 heterocycles. The summed E-state index contributed by atoms with van der Waals surface area (Å²) < 4.78 is 13.6. The van der Waals surface area contributed by atoms with Gasteiger partial charge >= 0.3 is 6.09 Å². The highest BCUT2D eigenvalue weighted by atomic mass is 16.6. The molecule has 0 radical (unpaired) electrons. The summed E-state index contributed by atoms with van der Waals surface area (Å²) in [6.45, 7) is 9.30. The van der Waals surface area contributed by atoms with Crippen molar-refractivity contribution in [1.82, 2.24) is 14.7 Å².